The van der Waals surface area contributed by atoms with Crippen molar-refractivity contribution < 1.29 is 13.5 Å². The fourth-order valence-corrected chi connectivity index (χ4v) is 2.96. The van der Waals surface area contributed by atoms with E-state index in [-0.39, 0.29) is 11.7 Å². The third-order valence-electron chi connectivity index (χ3n) is 4.21. The van der Waals surface area contributed by atoms with Crippen LogP contribution in [0.4, 0.5) is 4.39 Å². The highest BCUT2D eigenvalue weighted by Gasteiger charge is 2.18. The SMILES string of the molecule is CCOc1nc(-c2cc3ccccc3o2)cc(-c2ccc(F)cc2)c1C#N. The van der Waals surface area contributed by atoms with Crippen molar-refractivity contribution >= 4 is 11.0 Å². The van der Waals surface area contributed by atoms with Crippen molar-refractivity contribution in [3.63, 3.8) is 0 Å². The lowest BCUT2D eigenvalue weighted by Crippen LogP contribution is -2.01. The molecule has 4 nitrogen and oxygen atoms in total. The van der Waals surface area contributed by atoms with Gasteiger partial charge in [0.1, 0.15) is 28.7 Å². The molecule has 0 aliphatic carbocycles. The molecular weight excluding hydrogens is 343 g/mol. The zero-order chi connectivity index (χ0) is 18.8. The Hall–Kier alpha value is -3.65. The summed E-state index contributed by atoms with van der Waals surface area (Å²) >= 11 is 0. The fourth-order valence-electron chi connectivity index (χ4n) is 2.96. The number of furan rings is 1. The zero-order valence-corrected chi connectivity index (χ0v) is 14.6. The Morgan fingerprint density at radius 3 is 2.59 bits per heavy atom. The van der Waals surface area contributed by atoms with Gasteiger partial charge in [0.05, 0.1) is 6.61 Å². The number of hydrogen-bond donors (Lipinski definition) is 0. The first kappa shape index (κ1) is 16.8. The number of ether oxygens (including phenoxy) is 1. The summed E-state index contributed by atoms with van der Waals surface area (Å²) in [5.41, 5.74) is 2.93. The maximum Gasteiger partial charge on any atom is 0.232 e. The molecule has 27 heavy (non-hydrogen) atoms. The molecule has 0 spiro atoms. The first-order chi connectivity index (χ1) is 13.2. The van der Waals surface area contributed by atoms with Gasteiger partial charge < -0.3 is 9.15 Å². The zero-order valence-electron chi connectivity index (χ0n) is 14.6. The smallest absolute Gasteiger partial charge is 0.232 e. The number of fused-ring (bicyclic) bond motifs is 1. The topological polar surface area (TPSA) is 59.1 Å². The Balaban J connectivity index is 1.94. The van der Waals surface area contributed by atoms with E-state index >= 15 is 0 Å². The second-order valence-corrected chi connectivity index (χ2v) is 5.94. The van der Waals surface area contributed by atoms with Gasteiger partial charge in [0.2, 0.25) is 5.88 Å². The van der Waals surface area contributed by atoms with Crippen LogP contribution in [0.25, 0.3) is 33.6 Å². The summed E-state index contributed by atoms with van der Waals surface area (Å²) < 4.78 is 24.8. The molecule has 0 amide bonds. The predicted molar refractivity (Wildman–Crippen MR) is 101 cm³/mol. The summed E-state index contributed by atoms with van der Waals surface area (Å²) in [6.07, 6.45) is 0. The number of hydrogen-bond acceptors (Lipinski definition) is 4. The second kappa shape index (κ2) is 6.93. The van der Waals surface area contributed by atoms with Gasteiger partial charge in [-0.3, -0.25) is 0 Å². The number of halogens is 1. The molecule has 2 aromatic carbocycles. The number of nitrogens with zero attached hydrogens (tertiary/aromatic N) is 2. The number of rotatable bonds is 4. The van der Waals surface area contributed by atoms with E-state index in [1.807, 2.05) is 37.3 Å². The van der Waals surface area contributed by atoms with Crippen LogP contribution >= 0.6 is 0 Å². The minimum atomic E-state index is -0.339. The van der Waals surface area contributed by atoms with E-state index in [9.17, 15) is 9.65 Å². The van der Waals surface area contributed by atoms with Crippen LogP contribution in [0.3, 0.4) is 0 Å². The summed E-state index contributed by atoms with van der Waals surface area (Å²) in [6, 6.07) is 19.5. The van der Waals surface area contributed by atoms with E-state index in [0.29, 0.717) is 34.8 Å². The largest absolute Gasteiger partial charge is 0.477 e. The summed E-state index contributed by atoms with van der Waals surface area (Å²) in [4.78, 5) is 4.49. The van der Waals surface area contributed by atoms with Crippen molar-refractivity contribution in [2.24, 2.45) is 0 Å². The molecule has 4 aromatic rings. The second-order valence-electron chi connectivity index (χ2n) is 5.94. The Labute approximate surface area is 155 Å². The lowest BCUT2D eigenvalue weighted by molar-refractivity contribution is 0.326. The van der Waals surface area contributed by atoms with E-state index in [4.69, 9.17) is 9.15 Å². The fraction of sp³-hybridized carbons (Fsp3) is 0.0909. The molecule has 0 radical (unpaired) electrons. The van der Waals surface area contributed by atoms with Gasteiger partial charge in [-0.05, 0) is 42.8 Å². The first-order valence-electron chi connectivity index (χ1n) is 8.52. The van der Waals surface area contributed by atoms with Gasteiger partial charge in [-0.1, -0.05) is 30.3 Å². The Morgan fingerprint density at radius 2 is 1.89 bits per heavy atom. The molecule has 2 aromatic heterocycles. The predicted octanol–water partition coefficient (Wildman–Crippen LogP) is 5.57. The first-order valence-corrected chi connectivity index (χ1v) is 8.52. The lowest BCUT2D eigenvalue weighted by atomic mass is 10.00. The van der Waals surface area contributed by atoms with Crippen LogP contribution in [-0.4, -0.2) is 11.6 Å². The maximum atomic E-state index is 13.3. The van der Waals surface area contributed by atoms with Gasteiger partial charge in [-0.25, -0.2) is 9.37 Å². The molecule has 0 N–H and O–H groups in total. The maximum absolute atomic E-state index is 13.3. The summed E-state index contributed by atoms with van der Waals surface area (Å²) in [7, 11) is 0. The Kier molecular flexibility index (Phi) is 4.31. The highest BCUT2D eigenvalue weighted by molar-refractivity contribution is 5.84. The van der Waals surface area contributed by atoms with Gasteiger partial charge in [0, 0.05) is 10.9 Å². The van der Waals surface area contributed by atoms with E-state index < -0.39 is 0 Å². The molecule has 0 saturated heterocycles. The van der Waals surface area contributed by atoms with Crippen LogP contribution in [0.1, 0.15) is 12.5 Å². The molecular formula is C22H15FN2O2. The van der Waals surface area contributed by atoms with Crippen LogP contribution in [0, 0.1) is 17.1 Å². The highest BCUT2D eigenvalue weighted by atomic mass is 19.1. The third-order valence-corrected chi connectivity index (χ3v) is 4.21. The molecule has 0 fully saturated rings. The van der Waals surface area contributed by atoms with E-state index in [1.54, 1.807) is 18.2 Å². The molecule has 0 unspecified atom stereocenters. The number of para-hydroxylation sites is 1. The van der Waals surface area contributed by atoms with Crippen molar-refractivity contribution in [1.82, 2.24) is 4.98 Å². The monoisotopic (exact) mass is 358 g/mol. The molecule has 0 atom stereocenters. The molecule has 0 aliphatic rings. The molecule has 0 bridgehead atoms. The van der Waals surface area contributed by atoms with E-state index in [2.05, 4.69) is 11.1 Å². The summed E-state index contributed by atoms with van der Waals surface area (Å²) in [6.45, 7) is 2.20. The normalized spacial score (nSPS) is 10.7. The number of nitriles is 1. The van der Waals surface area contributed by atoms with Crippen LogP contribution in [0.15, 0.2) is 65.1 Å². The number of aromatic nitrogens is 1. The molecule has 132 valence electrons. The van der Waals surface area contributed by atoms with Crippen LogP contribution < -0.4 is 4.74 Å². The van der Waals surface area contributed by atoms with Gasteiger partial charge in [-0.2, -0.15) is 5.26 Å². The molecule has 2 heterocycles. The third kappa shape index (κ3) is 3.13. The Morgan fingerprint density at radius 1 is 1.11 bits per heavy atom. The lowest BCUT2D eigenvalue weighted by Gasteiger charge is -2.11. The van der Waals surface area contributed by atoms with Crippen molar-refractivity contribution in [2.45, 2.75) is 6.92 Å². The molecule has 4 rings (SSSR count). The Bertz CT molecular complexity index is 1120. The number of benzene rings is 2. The van der Waals surface area contributed by atoms with Crippen molar-refractivity contribution in [3.05, 3.63) is 72.0 Å². The van der Waals surface area contributed by atoms with Gasteiger partial charge >= 0.3 is 0 Å². The van der Waals surface area contributed by atoms with Gasteiger partial charge in [-0.15, -0.1) is 0 Å². The van der Waals surface area contributed by atoms with E-state index in [0.717, 1.165) is 11.0 Å². The average Bonchev–Trinajstić information content (AvgIpc) is 3.12. The van der Waals surface area contributed by atoms with Crippen LogP contribution in [0.5, 0.6) is 5.88 Å². The standard InChI is InChI=1S/C22H15FN2O2/c1-2-26-22-18(13-24)17(14-7-9-16(23)10-8-14)12-19(25-22)21-11-15-5-3-4-6-20(15)27-21/h3-12H,2H2,1H3. The number of pyridine rings is 1. The van der Waals surface area contributed by atoms with Crippen LogP contribution in [-0.2, 0) is 0 Å². The van der Waals surface area contributed by atoms with Crippen LogP contribution in [0.2, 0.25) is 0 Å². The minimum Gasteiger partial charge on any atom is -0.477 e. The molecule has 0 aliphatic heterocycles. The molecule has 5 heteroatoms. The summed E-state index contributed by atoms with van der Waals surface area (Å²) in [5.74, 6) is 0.469. The van der Waals surface area contributed by atoms with Crippen molar-refractivity contribution in [1.29, 1.82) is 5.26 Å². The summed E-state index contributed by atoms with van der Waals surface area (Å²) in [5, 5.41) is 10.6. The van der Waals surface area contributed by atoms with E-state index in [1.165, 1.54) is 12.1 Å². The van der Waals surface area contributed by atoms with Crippen molar-refractivity contribution in [2.75, 3.05) is 6.61 Å². The average molecular weight is 358 g/mol. The quantitative estimate of drug-likeness (QED) is 0.478. The van der Waals surface area contributed by atoms with Gasteiger partial charge in [0.15, 0.2) is 5.76 Å². The molecule has 0 saturated carbocycles. The van der Waals surface area contributed by atoms with Crippen molar-refractivity contribution in [3.8, 4) is 34.5 Å². The minimum absolute atomic E-state index is 0.234. The highest BCUT2D eigenvalue weighted by Crippen LogP contribution is 2.35. The van der Waals surface area contributed by atoms with Gasteiger partial charge in [0.25, 0.3) is 0 Å².